The van der Waals surface area contributed by atoms with Gasteiger partial charge in [-0.05, 0) is 88.4 Å². The zero-order chi connectivity index (χ0) is 43.3. The number of nitrogens with zero attached hydrogens (tertiary/aromatic N) is 1. The van der Waals surface area contributed by atoms with Gasteiger partial charge in [-0.25, -0.2) is 0 Å². The molecule has 3 heterocycles. The average Bonchev–Trinajstić information content (AvgIpc) is 3.30. The Kier molecular flexibility index (Phi) is 14.4. The number of aromatic nitrogens is 1. The Morgan fingerprint density at radius 1 is 0.597 bits per heavy atom. The molecule has 0 spiro atoms. The molecule has 2 bridgehead atoms. The van der Waals surface area contributed by atoms with E-state index in [0.29, 0.717) is 17.7 Å². The average molecular weight is 828 g/mol. The third kappa shape index (κ3) is 12.0. The van der Waals surface area contributed by atoms with Gasteiger partial charge in [0.15, 0.2) is 11.6 Å². The van der Waals surface area contributed by atoms with Gasteiger partial charge in [0.2, 0.25) is 11.8 Å². The molecule has 0 radical (unpaired) electrons. The van der Waals surface area contributed by atoms with Crippen LogP contribution in [-0.4, -0.2) is 58.1 Å². The molecular weight excluding hydrogens is 779 g/mol. The largest absolute Gasteiger partial charge is 0.486 e. The molecule has 0 unspecified atom stereocenters. The SMILES string of the molecule is O=C1COc2ccc(cc2)C[C@@H](C(=O)O)CC(=O)[C@H](CCc2ccccc2)NC(=O)[C@@H](Cc2ccc(-c3ccccc3)cc2)NC(=O)[C@H](Cc2ccc(-c3cccnc3)cc2)C1. The van der Waals surface area contributed by atoms with Crippen molar-refractivity contribution in [2.24, 2.45) is 11.8 Å². The first-order chi connectivity index (χ1) is 30.2. The van der Waals surface area contributed by atoms with Gasteiger partial charge in [-0.15, -0.1) is 0 Å². The predicted octanol–water partition coefficient (Wildman–Crippen LogP) is 7.67. The lowest BCUT2D eigenvalue weighted by atomic mass is 9.90. The highest BCUT2D eigenvalue weighted by atomic mass is 16.5. The predicted molar refractivity (Wildman–Crippen MR) is 237 cm³/mol. The van der Waals surface area contributed by atoms with Gasteiger partial charge in [0.1, 0.15) is 18.4 Å². The van der Waals surface area contributed by atoms with Gasteiger partial charge in [0.25, 0.3) is 0 Å². The third-order valence-corrected chi connectivity index (χ3v) is 11.3. The number of fused-ring (bicyclic) bond motifs is 16. The molecule has 0 fully saturated rings. The third-order valence-electron chi connectivity index (χ3n) is 11.3. The first-order valence-electron chi connectivity index (χ1n) is 20.9. The number of carboxylic acid groups (broad SMARTS) is 1. The smallest absolute Gasteiger partial charge is 0.307 e. The van der Waals surface area contributed by atoms with E-state index in [1.807, 2.05) is 121 Å². The van der Waals surface area contributed by atoms with Gasteiger partial charge < -0.3 is 20.5 Å². The van der Waals surface area contributed by atoms with Crippen molar-refractivity contribution in [2.45, 2.75) is 57.0 Å². The van der Waals surface area contributed by atoms with Crippen molar-refractivity contribution >= 4 is 29.4 Å². The van der Waals surface area contributed by atoms with E-state index in [9.17, 15) is 29.1 Å². The lowest BCUT2D eigenvalue weighted by Crippen LogP contribution is -2.54. The molecule has 1 aromatic heterocycles. The number of benzene rings is 5. The standard InChI is InChI=1S/C52H49N3O7/c56-45-31-43(28-36-13-22-41(23-14-36)42-12-7-27-53-33-42)50(58)55-48(30-38-15-20-40(21-16-38)39-10-5-2-6-11-39)51(59)54-47(26-19-35-8-3-1-4-9-35)49(57)32-44(52(60)61)29-37-17-24-46(25-18-37)62-34-45/h1-18,20-25,27,33,43-44,47-48H,19,26,28-32,34H2,(H,54,59)(H,55,58)(H,60,61)/t43-,44-,47+,48-/m1/s1. The van der Waals surface area contributed by atoms with E-state index in [0.717, 1.165) is 38.9 Å². The zero-order valence-corrected chi connectivity index (χ0v) is 34.3. The van der Waals surface area contributed by atoms with Crippen LogP contribution in [0, 0.1) is 11.8 Å². The Labute approximate surface area is 361 Å². The number of hydrogen-bond donors (Lipinski definition) is 3. The van der Waals surface area contributed by atoms with Gasteiger partial charge in [-0.1, -0.05) is 127 Å². The van der Waals surface area contributed by atoms with Gasteiger partial charge in [-0.3, -0.25) is 29.0 Å². The first-order valence-corrected chi connectivity index (χ1v) is 20.9. The molecule has 0 saturated heterocycles. The maximum Gasteiger partial charge on any atom is 0.307 e. The van der Waals surface area contributed by atoms with E-state index in [4.69, 9.17) is 4.74 Å². The highest BCUT2D eigenvalue weighted by molar-refractivity contribution is 5.95. The number of ether oxygens (including phenoxy) is 1. The number of aryl methyl sites for hydroxylation is 1. The molecular formula is C52H49N3O7. The van der Waals surface area contributed by atoms with E-state index in [2.05, 4.69) is 15.6 Å². The fourth-order valence-electron chi connectivity index (χ4n) is 7.78. The normalized spacial score (nSPS) is 19.0. The van der Waals surface area contributed by atoms with Crippen molar-refractivity contribution in [3.63, 3.8) is 0 Å². The van der Waals surface area contributed by atoms with Crippen LogP contribution >= 0.6 is 0 Å². The minimum atomic E-state index is -1.15. The van der Waals surface area contributed by atoms with Crippen molar-refractivity contribution in [3.05, 3.63) is 180 Å². The number of Topliss-reactive ketones (excluding diaryl/α,β-unsaturated/α-hetero) is 2. The maximum absolute atomic E-state index is 14.6. The molecule has 2 aliphatic heterocycles. The summed E-state index contributed by atoms with van der Waals surface area (Å²) in [5.74, 6) is -4.49. The van der Waals surface area contributed by atoms with E-state index >= 15 is 0 Å². The van der Waals surface area contributed by atoms with Crippen molar-refractivity contribution in [1.82, 2.24) is 15.6 Å². The van der Waals surface area contributed by atoms with E-state index in [-0.39, 0.29) is 50.9 Å². The Morgan fingerprint density at radius 3 is 1.84 bits per heavy atom. The van der Waals surface area contributed by atoms with Gasteiger partial charge in [0, 0.05) is 37.6 Å². The lowest BCUT2D eigenvalue weighted by molar-refractivity contribution is -0.144. The topological polar surface area (TPSA) is 152 Å². The summed E-state index contributed by atoms with van der Waals surface area (Å²) in [5.41, 5.74) is 7.10. The summed E-state index contributed by atoms with van der Waals surface area (Å²) in [6.07, 6.45) is 4.02. The van der Waals surface area contributed by atoms with Crippen molar-refractivity contribution in [3.8, 4) is 28.0 Å². The van der Waals surface area contributed by atoms with Crippen LogP contribution in [0.25, 0.3) is 22.3 Å². The minimum Gasteiger partial charge on any atom is -0.486 e. The number of carbonyl (C=O) groups excluding carboxylic acids is 4. The molecule has 5 aromatic carbocycles. The maximum atomic E-state index is 14.6. The summed E-state index contributed by atoms with van der Waals surface area (Å²) in [6.45, 7) is -0.296. The highest BCUT2D eigenvalue weighted by Crippen LogP contribution is 2.24. The second kappa shape index (κ2) is 20.9. The number of ketones is 2. The Balaban J connectivity index is 1.21. The number of aliphatic carboxylic acids is 1. The number of nitrogens with one attached hydrogen (secondary N) is 2. The number of amides is 2. The Bertz CT molecular complexity index is 2440. The van der Waals surface area contributed by atoms with Gasteiger partial charge in [0.05, 0.1) is 12.0 Å². The van der Waals surface area contributed by atoms with Crippen LogP contribution in [0.5, 0.6) is 5.75 Å². The van der Waals surface area contributed by atoms with Crippen molar-refractivity contribution in [1.29, 1.82) is 0 Å². The molecule has 314 valence electrons. The Hall–Kier alpha value is -7.20. The van der Waals surface area contributed by atoms with Crippen LogP contribution in [-0.2, 0) is 49.7 Å². The zero-order valence-electron chi connectivity index (χ0n) is 34.3. The molecule has 10 nitrogen and oxygen atoms in total. The molecule has 10 heteroatoms. The number of carbonyl (C=O) groups is 5. The summed E-state index contributed by atoms with van der Waals surface area (Å²) in [4.78, 5) is 73.6. The highest BCUT2D eigenvalue weighted by Gasteiger charge is 2.32. The van der Waals surface area contributed by atoms with Crippen LogP contribution in [0.4, 0.5) is 0 Å². The summed E-state index contributed by atoms with van der Waals surface area (Å²) in [5, 5.41) is 16.2. The minimum absolute atomic E-state index is 0.0716. The van der Waals surface area contributed by atoms with Crippen LogP contribution in [0.15, 0.2) is 158 Å². The molecule has 62 heavy (non-hydrogen) atoms. The van der Waals surface area contributed by atoms with E-state index < -0.39 is 47.5 Å². The molecule has 3 N–H and O–H groups in total. The van der Waals surface area contributed by atoms with Crippen molar-refractivity contribution in [2.75, 3.05) is 6.61 Å². The van der Waals surface area contributed by atoms with E-state index in [1.54, 1.807) is 36.7 Å². The second-order valence-corrected chi connectivity index (χ2v) is 15.8. The van der Waals surface area contributed by atoms with Crippen molar-refractivity contribution < 1.29 is 33.8 Å². The summed E-state index contributed by atoms with van der Waals surface area (Å²) in [6, 6.07) is 43.2. The van der Waals surface area contributed by atoms with Gasteiger partial charge in [-0.2, -0.15) is 0 Å². The lowest BCUT2D eigenvalue weighted by Gasteiger charge is -2.26. The molecule has 0 saturated carbocycles. The molecule has 8 rings (SSSR count). The number of carboxylic acids is 1. The quantitative estimate of drug-likeness (QED) is 0.127. The molecule has 0 aliphatic carbocycles. The molecule has 2 aliphatic rings. The van der Waals surface area contributed by atoms with Crippen LogP contribution < -0.4 is 15.4 Å². The first kappa shape index (κ1) is 42.9. The summed E-state index contributed by atoms with van der Waals surface area (Å²) in [7, 11) is 0. The van der Waals surface area contributed by atoms with Crippen LogP contribution in [0.1, 0.15) is 41.5 Å². The van der Waals surface area contributed by atoms with Gasteiger partial charge >= 0.3 is 5.97 Å². The summed E-state index contributed by atoms with van der Waals surface area (Å²) >= 11 is 0. The molecule has 4 atom stereocenters. The second-order valence-electron chi connectivity index (χ2n) is 15.8. The number of hydrogen-bond acceptors (Lipinski definition) is 7. The van der Waals surface area contributed by atoms with E-state index in [1.165, 1.54) is 0 Å². The summed E-state index contributed by atoms with van der Waals surface area (Å²) < 4.78 is 5.84. The fraction of sp³-hybridized carbons (Fsp3) is 0.231. The fourth-order valence-corrected chi connectivity index (χ4v) is 7.78. The number of rotatable bonds is 10. The molecule has 2 amide bonds. The van der Waals surface area contributed by atoms with Crippen LogP contribution in [0.3, 0.4) is 0 Å². The number of pyridine rings is 1. The molecule has 6 aromatic rings. The monoisotopic (exact) mass is 827 g/mol. The Morgan fingerprint density at radius 2 is 1.19 bits per heavy atom. The van der Waals surface area contributed by atoms with Crippen LogP contribution in [0.2, 0.25) is 0 Å².